The maximum atomic E-state index is 10.9. The van der Waals surface area contributed by atoms with Crippen LogP contribution in [-0.4, -0.2) is 14.8 Å². The van der Waals surface area contributed by atoms with Gasteiger partial charge in [-0.2, -0.15) is 0 Å². The molecule has 2 aliphatic carbocycles. The smallest absolute Gasteiger partial charge is 0.202 e. The molecule has 0 spiro atoms. The van der Waals surface area contributed by atoms with E-state index in [0.29, 0.717) is 15.7 Å². The van der Waals surface area contributed by atoms with Gasteiger partial charge in [-0.15, -0.1) is 0 Å². The molecule has 2 N–H and O–H groups in total. The third-order valence-electron chi connectivity index (χ3n) is 5.37. The van der Waals surface area contributed by atoms with Crippen molar-refractivity contribution in [2.45, 2.75) is 18.3 Å². The van der Waals surface area contributed by atoms with Crippen LogP contribution in [0.5, 0.6) is 11.8 Å². The van der Waals surface area contributed by atoms with Crippen LogP contribution >= 0.6 is 23.2 Å². The van der Waals surface area contributed by atoms with Crippen molar-refractivity contribution >= 4 is 28.8 Å². The third-order valence-corrected chi connectivity index (χ3v) is 5.81. The Morgan fingerprint density at radius 2 is 1.54 bits per heavy atom. The monoisotopic (exact) mass is 383 g/mol. The third kappa shape index (κ3) is 2.14. The number of aromatic nitrogens is 1. The number of aromatic hydroxyl groups is 2. The van der Waals surface area contributed by atoms with E-state index in [2.05, 4.69) is 18.2 Å². The standard InChI is InChI=1S/C21H15Cl2NO2/c22-13-8-14(23)10-15(9-13)24-20(25)18-12-6-16(11-4-2-1-3-5-11)17(7-12)19(18)21(24)26/h1-6,8-10,12,17,25-26H,7H2/t12-,17-/m1/s1. The van der Waals surface area contributed by atoms with Crippen LogP contribution in [0, 0.1) is 0 Å². The molecule has 0 aliphatic heterocycles. The zero-order valence-corrected chi connectivity index (χ0v) is 15.2. The molecule has 130 valence electrons. The van der Waals surface area contributed by atoms with Gasteiger partial charge in [-0.05, 0) is 35.8 Å². The lowest BCUT2D eigenvalue weighted by Crippen LogP contribution is -1.98. The molecule has 0 unspecified atom stereocenters. The summed E-state index contributed by atoms with van der Waals surface area (Å²) in [5.74, 6) is 0.308. The van der Waals surface area contributed by atoms with Crippen molar-refractivity contribution in [3.63, 3.8) is 0 Å². The maximum absolute atomic E-state index is 10.9. The van der Waals surface area contributed by atoms with Crippen molar-refractivity contribution in [1.29, 1.82) is 0 Å². The summed E-state index contributed by atoms with van der Waals surface area (Å²) in [5, 5.41) is 22.7. The Balaban J connectivity index is 1.66. The quantitative estimate of drug-likeness (QED) is 0.581. The number of benzene rings is 2. The number of allylic oxidation sites excluding steroid dienone is 2. The van der Waals surface area contributed by atoms with Crippen molar-refractivity contribution in [1.82, 2.24) is 4.57 Å². The molecule has 0 saturated heterocycles. The molecule has 2 aliphatic rings. The minimum atomic E-state index is 0.0601. The summed E-state index contributed by atoms with van der Waals surface area (Å²) in [5.41, 5.74) is 4.53. The molecular formula is C21H15Cl2NO2. The Bertz CT molecular complexity index is 1050. The molecule has 3 nitrogen and oxygen atoms in total. The molecule has 2 atom stereocenters. The molecule has 0 fully saturated rings. The number of halogens is 2. The highest BCUT2D eigenvalue weighted by molar-refractivity contribution is 6.34. The lowest BCUT2D eigenvalue weighted by atomic mass is 9.89. The second-order valence-corrected chi connectivity index (χ2v) is 7.69. The fourth-order valence-corrected chi connectivity index (χ4v) is 4.90. The van der Waals surface area contributed by atoms with E-state index in [1.807, 2.05) is 18.2 Å². The van der Waals surface area contributed by atoms with Gasteiger partial charge in [0.2, 0.25) is 11.8 Å². The maximum Gasteiger partial charge on any atom is 0.202 e. The number of fused-ring (bicyclic) bond motifs is 5. The van der Waals surface area contributed by atoms with E-state index in [1.54, 1.807) is 18.2 Å². The number of hydrogen-bond acceptors (Lipinski definition) is 2. The van der Waals surface area contributed by atoms with Gasteiger partial charge >= 0.3 is 0 Å². The van der Waals surface area contributed by atoms with Gasteiger partial charge in [0.05, 0.1) is 5.69 Å². The zero-order valence-electron chi connectivity index (χ0n) is 13.7. The summed E-state index contributed by atoms with van der Waals surface area (Å²) >= 11 is 12.2. The van der Waals surface area contributed by atoms with E-state index < -0.39 is 0 Å². The molecule has 1 aromatic heterocycles. The van der Waals surface area contributed by atoms with E-state index in [1.165, 1.54) is 10.1 Å². The summed E-state index contributed by atoms with van der Waals surface area (Å²) < 4.78 is 1.43. The van der Waals surface area contributed by atoms with Gasteiger partial charge in [-0.3, -0.25) is 4.57 Å². The minimum Gasteiger partial charge on any atom is -0.494 e. The Labute approximate surface area is 160 Å². The van der Waals surface area contributed by atoms with Crippen molar-refractivity contribution in [2.75, 3.05) is 0 Å². The van der Waals surface area contributed by atoms with Gasteiger partial charge in [0.15, 0.2) is 0 Å². The van der Waals surface area contributed by atoms with E-state index >= 15 is 0 Å². The first-order valence-corrected chi connectivity index (χ1v) is 9.20. The van der Waals surface area contributed by atoms with Crippen LogP contribution in [0.25, 0.3) is 11.3 Å². The lowest BCUT2D eigenvalue weighted by Gasteiger charge is -2.15. The van der Waals surface area contributed by atoms with Crippen molar-refractivity contribution in [3.05, 3.63) is 81.3 Å². The minimum absolute atomic E-state index is 0.0601. The average molecular weight is 384 g/mol. The fourth-order valence-electron chi connectivity index (χ4n) is 4.39. The van der Waals surface area contributed by atoms with E-state index in [0.717, 1.165) is 23.1 Å². The molecule has 0 radical (unpaired) electrons. The highest BCUT2D eigenvalue weighted by Gasteiger charge is 2.45. The van der Waals surface area contributed by atoms with Crippen LogP contribution in [0.2, 0.25) is 10.0 Å². The topological polar surface area (TPSA) is 45.4 Å². The Morgan fingerprint density at radius 1 is 0.885 bits per heavy atom. The van der Waals surface area contributed by atoms with Crippen LogP contribution in [0.4, 0.5) is 0 Å². The average Bonchev–Trinajstić information content (AvgIpc) is 3.26. The van der Waals surface area contributed by atoms with Crippen LogP contribution in [-0.2, 0) is 0 Å². The highest BCUT2D eigenvalue weighted by Crippen LogP contribution is 2.61. The van der Waals surface area contributed by atoms with Gasteiger partial charge in [-0.1, -0.05) is 59.6 Å². The predicted molar refractivity (Wildman–Crippen MR) is 104 cm³/mol. The first-order chi connectivity index (χ1) is 12.5. The molecule has 3 aromatic rings. The molecule has 5 heteroatoms. The molecule has 5 rings (SSSR count). The second kappa shape index (κ2) is 5.57. The Hall–Kier alpha value is -2.36. The van der Waals surface area contributed by atoms with E-state index in [9.17, 15) is 10.2 Å². The largest absolute Gasteiger partial charge is 0.494 e. The summed E-state index contributed by atoms with van der Waals surface area (Å²) in [6.07, 6.45) is 3.09. The van der Waals surface area contributed by atoms with Crippen molar-refractivity contribution in [3.8, 4) is 17.4 Å². The predicted octanol–water partition coefficient (Wildman–Crippen LogP) is 5.86. The molecule has 2 bridgehead atoms. The summed E-state index contributed by atoms with van der Waals surface area (Å²) in [4.78, 5) is 0. The number of nitrogens with zero attached hydrogens (tertiary/aromatic N) is 1. The fraction of sp³-hybridized carbons (Fsp3) is 0.143. The summed E-state index contributed by atoms with van der Waals surface area (Å²) in [6.45, 7) is 0. The molecule has 0 amide bonds. The lowest BCUT2D eigenvalue weighted by molar-refractivity contribution is 0.395. The van der Waals surface area contributed by atoms with Gasteiger partial charge < -0.3 is 10.2 Å². The molecule has 1 heterocycles. The van der Waals surface area contributed by atoms with E-state index in [4.69, 9.17) is 23.2 Å². The van der Waals surface area contributed by atoms with Gasteiger partial charge in [0.25, 0.3) is 0 Å². The van der Waals surface area contributed by atoms with Crippen LogP contribution in [0.15, 0.2) is 54.6 Å². The van der Waals surface area contributed by atoms with Crippen LogP contribution in [0.1, 0.15) is 34.9 Å². The Kier molecular flexibility index (Phi) is 3.40. The molecule has 26 heavy (non-hydrogen) atoms. The second-order valence-electron chi connectivity index (χ2n) is 6.82. The highest BCUT2D eigenvalue weighted by atomic mass is 35.5. The van der Waals surface area contributed by atoms with Gasteiger partial charge in [0.1, 0.15) is 0 Å². The molecule has 0 saturated carbocycles. The summed E-state index contributed by atoms with van der Waals surface area (Å²) in [6, 6.07) is 15.2. The zero-order chi connectivity index (χ0) is 18.0. The van der Waals surface area contributed by atoms with Crippen LogP contribution < -0.4 is 0 Å². The van der Waals surface area contributed by atoms with Crippen LogP contribution in [0.3, 0.4) is 0 Å². The Morgan fingerprint density at radius 3 is 2.23 bits per heavy atom. The van der Waals surface area contributed by atoms with Crippen molar-refractivity contribution in [2.24, 2.45) is 0 Å². The first kappa shape index (κ1) is 15.9. The van der Waals surface area contributed by atoms with Crippen molar-refractivity contribution < 1.29 is 10.2 Å². The normalized spacial score (nSPS) is 20.3. The number of rotatable bonds is 2. The summed E-state index contributed by atoms with van der Waals surface area (Å²) in [7, 11) is 0. The molecular weight excluding hydrogens is 369 g/mol. The SMILES string of the molecule is Oc1c2c(c(O)n1-c1cc(Cl)cc(Cl)c1)[C@@H]1C[C@H]2C=C1c1ccccc1. The molecule has 2 aromatic carbocycles. The van der Waals surface area contributed by atoms with E-state index in [-0.39, 0.29) is 23.6 Å². The van der Waals surface area contributed by atoms with Gasteiger partial charge in [0, 0.05) is 33.0 Å². The first-order valence-electron chi connectivity index (χ1n) is 8.44. The van der Waals surface area contributed by atoms with Gasteiger partial charge in [-0.25, -0.2) is 0 Å². The number of hydrogen-bond donors (Lipinski definition) is 2.